The van der Waals surface area contributed by atoms with Gasteiger partial charge >= 0.3 is 0 Å². The Morgan fingerprint density at radius 1 is 0.837 bits per heavy atom. The predicted molar refractivity (Wildman–Crippen MR) is 160 cm³/mol. The maximum absolute atomic E-state index is 13.4. The number of rotatable bonds is 5. The summed E-state index contributed by atoms with van der Waals surface area (Å²) in [7, 11) is 0. The highest BCUT2D eigenvalue weighted by Gasteiger charge is 2.28. The lowest BCUT2D eigenvalue weighted by Gasteiger charge is -2.22. The summed E-state index contributed by atoms with van der Waals surface area (Å²) in [6.45, 7) is 0.930. The standard InChI is InChI=1S/C33H37FN4O5/c34-25-16-14-24(15-17-25)22-36-33(42)28-21-30(39)37-27(20-23-10-4-3-5-11-23)32(41)35-18-8-1-2-9-19-43-29-13-7-6-12-26(29)31(40)38-28/h3-7,10-17,27-28H,1-2,8-9,18-22H2,(H,35,41)(H,36,42)(H,37,39)(H,38,40)/t27-,28-/m0/s1. The van der Waals surface area contributed by atoms with Gasteiger partial charge in [0.15, 0.2) is 0 Å². The highest BCUT2D eigenvalue weighted by molar-refractivity contribution is 6.01. The van der Waals surface area contributed by atoms with Gasteiger partial charge in [-0.2, -0.15) is 0 Å². The van der Waals surface area contributed by atoms with Crippen molar-refractivity contribution in [2.24, 2.45) is 0 Å². The first-order valence-electron chi connectivity index (χ1n) is 14.5. The highest BCUT2D eigenvalue weighted by Crippen LogP contribution is 2.19. The number of para-hydroxylation sites is 1. The number of nitrogens with one attached hydrogen (secondary N) is 4. The molecule has 0 spiro atoms. The summed E-state index contributed by atoms with van der Waals surface area (Å²) >= 11 is 0. The van der Waals surface area contributed by atoms with E-state index in [-0.39, 0.29) is 24.4 Å². The maximum atomic E-state index is 13.4. The summed E-state index contributed by atoms with van der Waals surface area (Å²) in [5.41, 5.74) is 1.74. The second kappa shape index (κ2) is 16.1. The summed E-state index contributed by atoms with van der Waals surface area (Å²) in [4.78, 5) is 53.1. The van der Waals surface area contributed by atoms with Crippen LogP contribution in [0.4, 0.5) is 4.39 Å². The molecule has 1 heterocycles. The van der Waals surface area contributed by atoms with Crippen LogP contribution in [0.25, 0.3) is 0 Å². The molecule has 9 nitrogen and oxygen atoms in total. The Morgan fingerprint density at radius 2 is 1.56 bits per heavy atom. The average molecular weight is 589 g/mol. The van der Waals surface area contributed by atoms with Gasteiger partial charge in [0.1, 0.15) is 23.7 Å². The number of ether oxygens (including phenoxy) is 1. The van der Waals surface area contributed by atoms with Crippen molar-refractivity contribution in [1.82, 2.24) is 21.3 Å². The van der Waals surface area contributed by atoms with E-state index >= 15 is 0 Å². The summed E-state index contributed by atoms with van der Waals surface area (Å²) in [6.07, 6.45) is 3.15. The molecule has 0 fully saturated rings. The Morgan fingerprint density at radius 3 is 2.35 bits per heavy atom. The van der Waals surface area contributed by atoms with Crippen molar-refractivity contribution in [3.05, 3.63) is 101 Å². The quantitative estimate of drug-likeness (QED) is 0.364. The van der Waals surface area contributed by atoms with Gasteiger partial charge in [-0.3, -0.25) is 19.2 Å². The maximum Gasteiger partial charge on any atom is 0.255 e. The van der Waals surface area contributed by atoms with E-state index in [0.717, 1.165) is 31.2 Å². The van der Waals surface area contributed by atoms with Crippen molar-refractivity contribution < 1.29 is 28.3 Å². The fraction of sp³-hybridized carbons (Fsp3) is 0.333. The van der Waals surface area contributed by atoms with Crippen molar-refractivity contribution in [3.63, 3.8) is 0 Å². The number of hydrogen-bond donors (Lipinski definition) is 4. The summed E-state index contributed by atoms with van der Waals surface area (Å²) in [5.74, 6) is -2.11. The number of fused-ring (bicyclic) bond motifs is 1. The average Bonchev–Trinajstić information content (AvgIpc) is 3.01. The second-order valence-corrected chi connectivity index (χ2v) is 10.4. The number of carbonyl (C=O) groups excluding carboxylic acids is 4. The number of halogens is 1. The molecule has 0 saturated heterocycles. The predicted octanol–water partition coefficient (Wildman–Crippen LogP) is 3.43. The molecule has 4 N–H and O–H groups in total. The van der Waals surface area contributed by atoms with E-state index in [1.165, 1.54) is 24.3 Å². The van der Waals surface area contributed by atoms with Gasteiger partial charge in [-0.1, -0.05) is 67.4 Å². The molecule has 2 atom stereocenters. The molecule has 0 saturated carbocycles. The molecule has 1 aliphatic rings. The molecule has 3 aromatic carbocycles. The first-order chi connectivity index (χ1) is 20.9. The van der Waals surface area contributed by atoms with Crippen molar-refractivity contribution in [1.29, 1.82) is 0 Å². The lowest BCUT2D eigenvalue weighted by atomic mass is 10.0. The number of amides is 4. The van der Waals surface area contributed by atoms with Crippen LogP contribution in [-0.4, -0.2) is 48.9 Å². The highest BCUT2D eigenvalue weighted by atomic mass is 19.1. The second-order valence-electron chi connectivity index (χ2n) is 10.4. The number of benzene rings is 3. The zero-order valence-electron chi connectivity index (χ0n) is 23.9. The van der Waals surface area contributed by atoms with Crippen molar-refractivity contribution >= 4 is 23.6 Å². The zero-order chi connectivity index (χ0) is 30.4. The summed E-state index contributed by atoms with van der Waals surface area (Å²) in [6, 6.07) is 19.5. The van der Waals surface area contributed by atoms with Crippen LogP contribution in [0.2, 0.25) is 0 Å². The largest absolute Gasteiger partial charge is 0.493 e. The van der Waals surface area contributed by atoms with Crippen LogP contribution in [0.1, 0.15) is 53.6 Å². The van der Waals surface area contributed by atoms with Gasteiger partial charge in [-0.15, -0.1) is 0 Å². The Balaban J connectivity index is 1.56. The van der Waals surface area contributed by atoms with Crippen molar-refractivity contribution in [3.8, 4) is 5.75 Å². The van der Waals surface area contributed by atoms with Gasteiger partial charge in [0.05, 0.1) is 18.6 Å². The third-order valence-electron chi connectivity index (χ3n) is 7.09. The van der Waals surface area contributed by atoms with Crippen molar-refractivity contribution in [2.75, 3.05) is 13.2 Å². The fourth-order valence-electron chi connectivity index (χ4n) is 4.74. The molecule has 4 amide bonds. The SMILES string of the molecule is O=C1C[C@@H](C(=O)NCc2ccc(F)cc2)NC(=O)c2ccccc2OCCCCCCNC(=O)[C@H](Cc2ccccc2)N1. The topological polar surface area (TPSA) is 126 Å². The van der Waals surface area contributed by atoms with Crippen LogP contribution < -0.4 is 26.0 Å². The van der Waals surface area contributed by atoms with Crippen LogP contribution in [0.3, 0.4) is 0 Å². The first kappa shape index (κ1) is 31.2. The lowest BCUT2D eigenvalue weighted by Crippen LogP contribution is -2.52. The van der Waals surface area contributed by atoms with E-state index in [2.05, 4.69) is 21.3 Å². The smallest absolute Gasteiger partial charge is 0.255 e. The molecule has 0 unspecified atom stereocenters. The van der Waals surface area contributed by atoms with Gasteiger partial charge in [-0.05, 0) is 48.2 Å². The van der Waals surface area contributed by atoms with E-state index < -0.39 is 42.0 Å². The molecule has 226 valence electrons. The van der Waals surface area contributed by atoms with E-state index in [1.54, 1.807) is 24.3 Å². The Hall–Kier alpha value is -4.73. The van der Waals surface area contributed by atoms with E-state index in [9.17, 15) is 23.6 Å². The molecule has 0 bridgehead atoms. The third-order valence-corrected chi connectivity index (χ3v) is 7.09. The lowest BCUT2D eigenvalue weighted by molar-refractivity contribution is -0.131. The van der Waals surface area contributed by atoms with Crippen LogP contribution in [-0.2, 0) is 27.3 Å². The minimum absolute atomic E-state index is 0.0613. The van der Waals surface area contributed by atoms with Gasteiger partial charge in [-0.25, -0.2) is 4.39 Å². The molecule has 1 aliphatic heterocycles. The van der Waals surface area contributed by atoms with Gasteiger partial charge < -0.3 is 26.0 Å². The van der Waals surface area contributed by atoms with Gasteiger partial charge in [0, 0.05) is 19.5 Å². The van der Waals surface area contributed by atoms with Crippen LogP contribution in [0.15, 0.2) is 78.9 Å². The summed E-state index contributed by atoms with van der Waals surface area (Å²) in [5, 5.41) is 11.1. The molecule has 3 aromatic rings. The molecular formula is C33H37FN4O5. The number of carbonyl (C=O) groups is 4. The normalized spacial score (nSPS) is 18.9. The molecular weight excluding hydrogens is 551 g/mol. The molecule has 0 radical (unpaired) electrons. The van der Waals surface area contributed by atoms with Crippen molar-refractivity contribution in [2.45, 2.75) is 57.2 Å². The first-order valence-corrected chi connectivity index (χ1v) is 14.5. The fourth-order valence-corrected chi connectivity index (χ4v) is 4.74. The number of hydrogen-bond acceptors (Lipinski definition) is 5. The Kier molecular flexibility index (Phi) is 11.6. The Bertz CT molecular complexity index is 1380. The van der Waals surface area contributed by atoms with Crippen LogP contribution in [0, 0.1) is 5.82 Å². The summed E-state index contributed by atoms with van der Waals surface area (Å²) < 4.78 is 19.2. The molecule has 0 aliphatic carbocycles. The molecule has 10 heteroatoms. The zero-order valence-corrected chi connectivity index (χ0v) is 23.9. The Labute approximate surface area is 250 Å². The van der Waals surface area contributed by atoms with Gasteiger partial charge in [0.25, 0.3) is 5.91 Å². The monoisotopic (exact) mass is 588 g/mol. The molecule has 43 heavy (non-hydrogen) atoms. The van der Waals surface area contributed by atoms with E-state index in [1.807, 2.05) is 30.3 Å². The van der Waals surface area contributed by atoms with Crippen LogP contribution in [0.5, 0.6) is 5.75 Å². The minimum atomic E-state index is -1.26. The molecule has 0 aromatic heterocycles. The van der Waals surface area contributed by atoms with E-state index in [4.69, 9.17) is 4.74 Å². The third kappa shape index (κ3) is 9.95. The van der Waals surface area contributed by atoms with E-state index in [0.29, 0.717) is 24.5 Å². The van der Waals surface area contributed by atoms with Crippen LogP contribution >= 0.6 is 0 Å². The van der Waals surface area contributed by atoms with Gasteiger partial charge in [0.2, 0.25) is 17.7 Å². The molecule has 4 rings (SSSR count). The minimum Gasteiger partial charge on any atom is -0.493 e.